The predicted octanol–water partition coefficient (Wildman–Crippen LogP) is 1.76. The number of nitrogens with two attached hydrogens (primary N) is 1. The smallest absolute Gasteiger partial charge is 0.246 e. The third-order valence-corrected chi connectivity index (χ3v) is 4.79. The second-order valence-electron chi connectivity index (χ2n) is 6.69. The first kappa shape index (κ1) is 17.3. The molecule has 2 aliphatic rings. The average molecular weight is 344 g/mol. The lowest BCUT2D eigenvalue weighted by Crippen LogP contribution is -2.43. The maximum Gasteiger partial charge on any atom is 0.246 e. The first-order valence-electron chi connectivity index (χ1n) is 8.61. The highest BCUT2D eigenvalue weighted by Gasteiger charge is 2.26. The Bertz CT molecular complexity index is 714. The number of hydrogen-bond donors (Lipinski definition) is 1. The Morgan fingerprint density at radius 2 is 2.20 bits per heavy atom. The van der Waals surface area contributed by atoms with Crippen LogP contribution in [0.15, 0.2) is 18.2 Å². The first-order valence-corrected chi connectivity index (χ1v) is 8.61. The molecule has 6 nitrogen and oxygen atoms in total. The van der Waals surface area contributed by atoms with Crippen molar-refractivity contribution in [1.29, 1.82) is 0 Å². The summed E-state index contributed by atoms with van der Waals surface area (Å²) in [5.41, 5.74) is 7.29. The molecule has 2 heterocycles. The van der Waals surface area contributed by atoms with Gasteiger partial charge in [-0.05, 0) is 38.0 Å². The van der Waals surface area contributed by atoms with Crippen LogP contribution >= 0.6 is 0 Å². The molecular weight excluding hydrogens is 320 g/mol. The number of carbonyl (C=O) groups is 2. The fourth-order valence-electron chi connectivity index (χ4n) is 3.44. The maximum atomic E-state index is 12.4. The van der Waals surface area contributed by atoms with E-state index in [4.69, 9.17) is 15.2 Å². The largest absolute Gasteiger partial charge is 0.496 e. The standard InChI is InChI=1S/C19H24N2O4/c1-12-8-15-10-16(24-2)13(9-17(15)25-12)5-6-18(22)21-7-3-4-14(11-21)19(20)23/h5-6,9-10,12,14H,3-4,7-8,11H2,1-2H3,(H2,20,23)/b6-5+/t12-,14+/m1/s1. The summed E-state index contributed by atoms with van der Waals surface area (Å²) in [6.07, 6.45) is 5.81. The molecule has 2 N–H and O–H groups in total. The Labute approximate surface area is 147 Å². The Kier molecular flexibility index (Phi) is 4.97. The number of rotatable bonds is 4. The van der Waals surface area contributed by atoms with Crippen molar-refractivity contribution in [3.63, 3.8) is 0 Å². The molecule has 0 bridgehead atoms. The number of likely N-dealkylation sites (tertiary alicyclic amines) is 1. The van der Waals surface area contributed by atoms with E-state index in [0.717, 1.165) is 36.1 Å². The van der Waals surface area contributed by atoms with E-state index >= 15 is 0 Å². The van der Waals surface area contributed by atoms with Gasteiger partial charge in [0.2, 0.25) is 11.8 Å². The van der Waals surface area contributed by atoms with Crippen molar-refractivity contribution in [2.75, 3.05) is 20.2 Å². The van der Waals surface area contributed by atoms with E-state index in [0.29, 0.717) is 18.8 Å². The highest BCUT2D eigenvalue weighted by atomic mass is 16.5. The van der Waals surface area contributed by atoms with Crippen molar-refractivity contribution in [3.05, 3.63) is 29.3 Å². The molecule has 0 saturated carbocycles. The van der Waals surface area contributed by atoms with Gasteiger partial charge >= 0.3 is 0 Å². The van der Waals surface area contributed by atoms with Crippen LogP contribution in [0.3, 0.4) is 0 Å². The molecule has 1 aromatic carbocycles. The molecule has 2 atom stereocenters. The third-order valence-electron chi connectivity index (χ3n) is 4.79. The molecule has 25 heavy (non-hydrogen) atoms. The highest BCUT2D eigenvalue weighted by molar-refractivity contribution is 5.92. The average Bonchev–Trinajstić information content (AvgIpc) is 2.97. The summed E-state index contributed by atoms with van der Waals surface area (Å²) >= 11 is 0. The molecule has 0 aromatic heterocycles. The molecule has 1 fully saturated rings. The Balaban J connectivity index is 1.74. The molecule has 1 saturated heterocycles. The van der Waals surface area contributed by atoms with Gasteiger partial charge in [0.25, 0.3) is 0 Å². The number of fused-ring (bicyclic) bond motifs is 1. The Hall–Kier alpha value is -2.50. The van der Waals surface area contributed by atoms with Gasteiger partial charge in [0.1, 0.15) is 17.6 Å². The summed E-state index contributed by atoms with van der Waals surface area (Å²) in [5.74, 6) is 0.840. The van der Waals surface area contributed by atoms with Crippen molar-refractivity contribution in [2.45, 2.75) is 32.3 Å². The topological polar surface area (TPSA) is 81.9 Å². The minimum atomic E-state index is -0.340. The molecule has 0 spiro atoms. The summed E-state index contributed by atoms with van der Waals surface area (Å²) in [7, 11) is 1.61. The van der Waals surface area contributed by atoms with Crippen LogP contribution in [0.25, 0.3) is 6.08 Å². The molecule has 0 aliphatic carbocycles. The van der Waals surface area contributed by atoms with E-state index in [9.17, 15) is 9.59 Å². The molecule has 2 aliphatic heterocycles. The SMILES string of the molecule is COc1cc2c(cc1/C=C/C(=O)N1CCC[C@H](C(N)=O)C1)O[C@H](C)C2. The van der Waals surface area contributed by atoms with Crippen LogP contribution in [0.5, 0.6) is 11.5 Å². The van der Waals surface area contributed by atoms with Gasteiger partial charge in [0.15, 0.2) is 0 Å². The molecule has 0 radical (unpaired) electrons. The molecular formula is C19H24N2O4. The Morgan fingerprint density at radius 3 is 2.92 bits per heavy atom. The lowest BCUT2D eigenvalue weighted by Gasteiger charge is -2.30. The zero-order valence-electron chi connectivity index (χ0n) is 14.7. The Morgan fingerprint density at radius 1 is 1.40 bits per heavy atom. The zero-order valence-corrected chi connectivity index (χ0v) is 14.7. The minimum Gasteiger partial charge on any atom is -0.496 e. The van der Waals surface area contributed by atoms with Crippen LogP contribution < -0.4 is 15.2 Å². The molecule has 3 rings (SSSR count). The van der Waals surface area contributed by atoms with Crippen molar-refractivity contribution < 1.29 is 19.1 Å². The number of methoxy groups -OCH3 is 1. The number of nitrogens with zero attached hydrogens (tertiary/aromatic N) is 1. The summed E-state index contributed by atoms with van der Waals surface area (Å²) in [4.78, 5) is 25.5. The number of primary amides is 1. The van der Waals surface area contributed by atoms with Crippen LogP contribution in [0.2, 0.25) is 0 Å². The van der Waals surface area contributed by atoms with Gasteiger partial charge in [-0.15, -0.1) is 0 Å². The molecule has 0 unspecified atom stereocenters. The van der Waals surface area contributed by atoms with Crippen molar-refractivity contribution in [2.24, 2.45) is 11.7 Å². The quantitative estimate of drug-likeness (QED) is 0.844. The summed E-state index contributed by atoms with van der Waals surface area (Å²) in [5, 5.41) is 0. The van der Waals surface area contributed by atoms with Crippen LogP contribution in [-0.4, -0.2) is 43.0 Å². The number of ether oxygens (including phenoxy) is 2. The zero-order chi connectivity index (χ0) is 18.0. The number of amides is 2. The second-order valence-corrected chi connectivity index (χ2v) is 6.69. The van der Waals surface area contributed by atoms with Gasteiger partial charge in [-0.3, -0.25) is 9.59 Å². The minimum absolute atomic E-state index is 0.122. The van der Waals surface area contributed by atoms with E-state index in [1.54, 1.807) is 18.1 Å². The maximum absolute atomic E-state index is 12.4. The van der Waals surface area contributed by atoms with Gasteiger partial charge in [-0.2, -0.15) is 0 Å². The van der Waals surface area contributed by atoms with E-state index in [1.165, 1.54) is 6.08 Å². The summed E-state index contributed by atoms with van der Waals surface area (Å²) in [6.45, 7) is 3.06. The number of hydrogen-bond acceptors (Lipinski definition) is 4. The van der Waals surface area contributed by atoms with Crippen molar-refractivity contribution in [1.82, 2.24) is 4.90 Å². The number of carbonyl (C=O) groups excluding carboxylic acids is 2. The molecule has 1 aromatic rings. The normalized spacial score (nSPS) is 22.6. The van der Waals surface area contributed by atoms with Gasteiger partial charge in [-0.25, -0.2) is 0 Å². The molecule has 6 heteroatoms. The summed E-state index contributed by atoms with van der Waals surface area (Å²) < 4.78 is 11.2. The lowest BCUT2D eigenvalue weighted by molar-refractivity contribution is -0.130. The lowest BCUT2D eigenvalue weighted by atomic mass is 9.97. The van der Waals surface area contributed by atoms with E-state index < -0.39 is 0 Å². The van der Waals surface area contributed by atoms with Gasteiger partial charge in [0.05, 0.1) is 13.0 Å². The van der Waals surface area contributed by atoms with Crippen LogP contribution in [0.4, 0.5) is 0 Å². The molecule has 2 amide bonds. The highest BCUT2D eigenvalue weighted by Crippen LogP contribution is 2.35. The van der Waals surface area contributed by atoms with Gasteiger partial charge in [0, 0.05) is 36.7 Å². The number of piperidine rings is 1. The van der Waals surface area contributed by atoms with Crippen LogP contribution in [-0.2, 0) is 16.0 Å². The van der Waals surface area contributed by atoms with Gasteiger partial charge < -0.3 is 20.1 Å². The fraction of sp³-hybridized carbons (Fsp3) is 0.474. The van der Waals surface area contributed by atoms with Crippen molar-refractivity contribution in [3.8, 4) is 11.5 Å². The van der Waals surface area contributed by atoms with E-state index in [2.05, 4.69) is 0 Å². The van der Waals surface area contributed by atoms with E-state index in [-0.39, 0.29) is 23.8 Å². The van der Waals surface area contributed by atoms with Crippen molar-refractivity contribution >= 4 is 17.9 Å². The van der Waals surface area contributed by atoms with Crippen LogP contribution in [0, 0.1) is 5.92 Å². The second kappa shape index (κ2) is 7.17. The first-order chi connectivity index (χ1) is 12.0. The monoisotopic (exact) mass is 344 g/mol. The molecule has 134 valence electrons. The van der Waals surface area contributed by atoms with Crippen LogP contribution in [0.1, 0.15) is 30.9 Å². The predicted molar refractivity (Wildman–Crippen MR) is 94.3 cm³/mol. The fourth-order valence-corrected chi connectivity index (χ4v) is 3.44. The number of benzene rings is 1. The van der Waals surface area contributed by atoms with E-state index in [1.807, 2.05) is 19.1 Å². The summed E-state index contributed by atoms with van der Waals surface area (Å²) in [6, 6.07) is 3.87. The third kappa shape index (κ3) is 3.78. The van der Waals surface area contributed by atoms with Gasteiger partial charge in [-0.1, -0.05) is 0 Å².